The smallest absolute Gasteiger partial charge is 0.238 e. The topological polar surface area (TPSA) is 48.5 Å². The highest BCUT2D eigenvalue weighted by atomic mass is 15.2. The van der Waals surface area contributed by atoms with Gasteiger partial charge in [0, 0.05) is 38.4 Å². The molecule has 0 unspecified atom stereocenters. The van der Waals surface area contributed by atoms with Crippen molar-refractivity contribution in [2.24, 2.45) is 0 Å². The van der Waals surface area contributed by atoms with Gasteiger partial charge in [0.25, 0.3) is 0 Å². The van der Waals surface area contributed by atoms with Crippen LogP contribution in [0.15, 0.2) is 188 Å². The second-order valence-electron chi connectivity index (χ2n) is 19.5. The molecule has 5 heteroatoms. The predicted molar refractivity (Wildman–Crippen MR) is 275 cm³/mol. The molecule has 1 aliphatic carbocycles. The fraction of sp³-hybridized carbons (Fsp3) is 0.131. The van der Waals surface area contributed by atoms with Crippen molar-refractivity contribution in [3.63, 3.8) is 0 Å². The van der Waals surface area contributed by atoms with Crippen LogP contribution in [0.3, 0.4) is 0 Å². The zero-order chi connectivity index (χ0) is 44.3. The van der Waals surface area contributed by atoms with E-state index in [0.717, 1.165) is 62.4 Å². The van der Waals surface area contributed by atoms with Crippen LogP contribution in [-0.4, -0.2) is 24.1 Å². The van der Waals surface area contributed by atoms with E-state index in [1.165, 1.54) is 54.7 Å². The lowest BCUT2D eigenvalue weighted by Gasteiger charge is -2.42. The molecule has 12 aromatic rings. The van der Waals surface area contributed by atoms with E-state index in [-0.39, 0.29) is 10.8 Å². The van der Waals surface area contributed by atoms with Crippen molar-refractivity contribution < 1.29 is 0 Å². The lowest BCUT2D eigenvalue weighted by atomic mass is 9.63. The highest BCUT2D eigenvalue weighted by molar-refractivity contribution is 6.19. The van der Waals surface area contributed by atoms with Crippen LogP contribution >= 0.6 is 0 Å². The number of nitrogens with zero attached hydrogens (tertiary/aromatic N) is 5. The Morgan fingerprint density at radius 1 is 0.364 bits per heavy atom. The Labute approximate surface area is 383 Å². The summed E-state index contributed by atoms with van der Waals surface area (Å²) in [6.07, 6.45) is 2.31. The second-order valence-corrected chi connectivity index (χ2v) is 19.5. The summed E-state index contributed by atoms with van der Waals surface area (Å²) in [5.41, 5.74) is 12.9. The Hall–Kier alpha value is -7.89. The van der Waals surface area contributed by atoms with E-state index in [1.54, 1.807) is 0 Å². The van der Waals surface area contributed by atoms with Gasteiger partial charge < -0.3 is 4.57 Å². The quantitative estimate of drug-likeness (QED) is 0.173. The van der Waals surface area contributed by atoms with Gasteiger partial charge in [-0.2, -0.15) is 9.97 Å². The summed E-state index contributed by atoms with van der Waals surface area (Å²) in [5.74, 6) is 1.83. The van der Waals surface area contributed by atoms with Crippen molar-refractivity contribution in [2.45, 2.75) is 51.4 Å². The van der Waals surface area contributed by atoms with Crippen molar-refractivity contribution >= 4 is 65.2 Å². The fourth-order valence-electron chi connectivity index (χ4n) is 11.0. The molecule has 13 rings (SSSR count). The molecule has 0 aliphatic heterocycles. The van der Waals surface area contributed by atoms with Crippen LogP contribution in [0.2, 0.25) is 0 Å². The minimum absolute atomic E-state index is 0.0601. The van der Waals surface area contributed by atoms with Crippen LogP contribution in [0.4, 0.5) is 0 Å². The van der Waals surface area contributed by atoms with Gasteiger partial charge in [-0.3, -0.25) is 4.57 Å². The van der Waals surface area contributed by atoms with Crippen molar-refractivity contribution in [1.29, 1.82) is 0 Å². The standard InChI is InChI=1S/C61H47N5/c1-60(2)30-31-61(3,4)52-37-56-48(34-51(52)60)50-36-55-49(35-54(50)65(56)44-22-6-5-7-23-44)47-25-12-13-27-53(47)66(55)59-63-57(62-58(64-59)43-29-28-38-16-8-9-18-40(38)32-43)42-21-14-20-41(33-42)46-26-15-19-39-17-10-11-24-45(39)46/h5-29,32-37H,30-31H2,1-4H3. The molecular formula is C61H47N5. The maximum atomic E-state index is 5.45. The Morgan fingerprint density at radius 3 is 1.71 bits per heavy atom. The largest absolute Gasteiger partial charge is 0.309 e. The molecule has 0 fully saturated rings. The summed E-state index contributed by atoms with van der Waals surface area (Å²) in [6, 6.07) is 68.1. The van der Waals surface area contributed by atoms with Crippen molar-refractivity contribution in [3.05, 3.63) is 199 Å². The molecule has 3 heterocycles. The molecule has 0 N–H and O–H groups in total. The van der Waals surface area contributed by atoms with Crippen LogP contribution < -0.4 is 0 Å². The minimum Gasteiger partial charge on any atom is -0.309 e. The molecule has 5 nitrogen and oxygen atoms in total. The second kappa shape index (κ2) is 14.3. The molecule has 1 aliphatic rings. The Morgan fingerprint density at radius 2 is 0.924 bits per heavy atom. The fourth-order valence-corrected chi connectivity index (χ4v) is 11.0. The summed E-state index contributed by atoms with van der Waals surface area (Å²) in [7, 11) is 0. The first kappa shape index (κ1) is 38.6. The van der Waals surface area contributed by atoms with Crippen LogP contribution in [0.25, 0.3) is 111 Å². The highest BCUT2D eigenvalue weighted by Gasteiger charge is 2.38. The first-order chi connectivity index (χ1) is 32.2. The molecule has 3 aromatic heterocycles. The number of hydrogen-bond donors (Lipinski definition) is 0. The number of fused-ring (bicyclic) bond motifs is 9. The predicted octanol–water partition coefficient (Wildman–Crippen LogP) is 15.7. The number of hydrogen-bond acceptors (Lipinski definition) is 3. The van der Waals surface area contributed by atoms with E-state index in [2.05, 4.69) is 225 Å². The molecule has 0 spiro atoms. The van der Waals surface area contributed by atoms with Crippen molar-refractivity contribution in [2.75, 3.05) is 0 Å². The van der Waals surface area contributed by atoms with Gasteiger partial charge in [-0.25, -0.2) is 4.98 Å². The van der Waals surface area contributed by atoms with Gasteiger partial charge in [0.1, 0.15) is 0 Å². The molecule has 0 bridgehead atoms. The first-order valence-corrected chi connectivity index (χ1v) is 23.1. The van der Waals surface area contributed by atoms with E-state index < -0.39 is 0 Å². The average molecular weight is 850 g/mol. The Bertz CT molecular complexity index is 3940. The lowest BCUT2D eigenvalue weighted by molar-refractivity contribution is 0.332. The Kier molecular flexibility index (Phi) is 8.36. The average Bonchev–Trinajstić information content (AvgIpc) is 3.85. The molecule has 0 amide bonds. The van der Waals surface area contributed by atoms with Crippen LogP contribution in [0.1, 0.15) is 51.7 Å². The molecule has 66 heavy (non-hydrogen) atoms. The van der Waals surface area contributed by atoms with Gasteiger partial charge in [-0.05, 0) is 122 Å². The summed E-state index contributed by atoms with van der Waals surface area (Å²) in [4.78, 5) is 16.2. The molecule has 9 aromatic carbocycles. The van der Waals surface area contributed by atoms with E-state index in [9.17, 15) is 0 Å². The van der Waals surface area contributed by atoms with Gasteiger partial charge in [-0.15, -0.1) is 0 Å². The summed E-state index contributed by atoms with van der Waals surface area (Å²) in [5, 5.41) is 9.50. The molecule has 0 saturated carbocycles. The van der Waals surface area contributed by atoms with E-state index in [1.807, 2.05) is 0 Å². The third-order valence-electron chi connectivity index (χ3n) is 14.6. The van der Waals surface area contributed by atoms with E-state index >= 15 is 0 Å². The maximum absolute atomic E-state index is 5.45. The molecule has 0 radical (unpaired) electrons. The summed E-state index contributed by atoms with van der Waals surface area (Å²) < 4.78 is 4.75. The van der Waals surface area contributed by atoms with Gasteiger partial charge in [-0.1, -0.05) is 161 Å². The third-order valence-corrected chi connectivity index (χ3v) is 14.6. The number of aromatic nitrogens is 5. The maximum Gasteiger partial charge on any atom is 0.238 e. The van der Waals surface area contributed by atoms with Gasteiger partial charge in [0.05, 0.1) is 22.1 Å². The molecular weight excluding hydrogens is 803 g/mol. The minimum atomic E-state index is 0.0601. The number of rotatable bonds is 5. The monoisotopic (exact) mass is 849 g/mol. The van der Waals surface area contributed by atoms with Crippen LogP contribution in [-0.2, 0) is 10.8 Å². The summed E-state index contributed by atoms with van der Waals surface area (Å²) in [6.45, 7) is 9.67. The van der Waals surface area contributed by atoms with Crippen molar-refractivity contribution in [1.82, 2.24) is 24.1 Å². The SMILES string of the molecule is CC1(C)CCC(C)(C)c2cc3c(cc21)c1cc2c(cc1n3-c1ccccc1)c1ccccc1n2-c1nc(-c2cccc(-c3cccc4ccccc34)c2)nc(-c2ccc3ccccc3c2)n1. The normalized spacial score (nSPS) is 14.5. The number of para-hydroxylation sites is 2. The number of benzene rings is 9. The lowest BCUT2D eigenvalue weighted by Crippen LogP contribution is -2.33. The van der Waals surface area contributed by atoms with Gasteiger partial charge >= 0.3 is 0 Å². The summed E-state index contributed by atoms with van der Waals surface area (Å²) >= 11 is 0. The molecule has 0 atom stereocenters. The zero-order valence-electron chi connectivity index (χ0n) is 37.5. The Balaban J connectivity index is 1.10. The van der Waals surface area contributed by atoms with Gasteiger partial charge in [0.2, 0.25) is 5.95 Å². The van der Waals surface area contributed by atoms with Crippen LogP contribution in [0.5, 0.6) is 0 Å². The first-order valence-electron chi connectivity index (χ1n) is 23.1. The zero-order valence-corrected chi connectivity index (χ0v) is 37.5. The van der Waals surface area contributed by atoms with Gasteiger partial charge in [0.15, 0.2) is 11.6 Å². The van der Waals surface area contributed by atoms with E-state index in [0.29, 0.717) is 17.6 Å². The molecule has 0 saturated heterocycles. The van der Waals surface area contributed by atoms with Crippen LogP contribution in [0, 0.1) is 0 Å². The van der Waals surface area contributed by atoms with Crippen molar-refractivity contribution in [3.8, 4) is 45.5 Å². The highest BCUT2D eigenvalue weighted by Crippen LogP contribution is 2.49. The van der Waals surface area contributed by atoms with E-state index in [4.69, 9.17) is 15.0 Å². The molecule has 316 valence electrons. The third kappa shape index (κ3) is 5.96.